The molecule has 1 aromatic carbocycles. The van der Waals surface area contributed by atoms with Crippen LogP contribution in [-0.4, -0.2) is 4.98 Å². The van der Waals surface area contributed by atoms with Crippen LogP contribution in [0.2, 0.25) is 5.02 Å². The predicted octanol–water partition coefficient (Wildman–Crippen LogP) is 3.00. The Morgan fingerprint density at radius 2 is 1.93 bits per heavy atom. The fourth-order valence-electron chi connectivity index (χ4n) is 1.49. The van der Waals surface area contributed by atoms with Gasteiger partial charge >= 0.3 is 0 Å². The summed E-state index contributed by atoms with van der Waals surface area (Å²) < 4.78 is 0. The number of aromatic amines is 1. The maximum absolute atomic E-state index is 10.9. The number of pyridine rings is 1. The number of hydrogen-bond acceptors (Lipinski definition) is 1. The normalized spacial score (nSPS) is 10.3. The number of aromatic nitrogens is 1. The molecule has 0 saturated carbocycles. The highest BCUT2D eigenvalue weighted by molar-refractivity contribution is 6.30. The monoisotopic (exact) mass is 219 g/mol. The van der Waals surface area contributed by atoms with Crippen molar-refractivity contribution >= 4 is 11.6 Å². The van der Waals surface area contributed by atoms with Crippen molar-refractivity contribution in [3.05, 3.63) is 57.5 Å². The minimum atomic E-state index is -0.0995. The summed E-state index contributed by atoms with van der Waals surface area (Å²) in [7, 11) is 0. The number of halogens is 1. The Hall–Kier alpha value is -1.54. The van der Waals surface area contributed by atoms with Crippen LogP contribution in [0.4, 0.5) is 0 Å². The zero-order valence-electron chi connectivity index (χ0n) is 8.25. The van der Waals surface area contributed by atoms with Gasteiger partial charge in [0.2, 0.25) is 5.56 Å². The maximum Gasteiger partial charge on any atom is 0.247 e. The molecule has 0 bridgehead atoms. The molecule has 0 amide bonds. The van der Waals surface area contributed by atoms with E-state index in [2.05, 4.69) is 4.98 Å². The van der Waals surface area contributed by atoms with E-state index < -0.39 is 0 Å². The molecule has 0 radical (unpaired) electrons. The van der Waals surface area contributed by atoms with E-state index in [1.54, 1.807) is 12.3 Å². The topological polar surface area (TPSA) is 32.9 Å². The summed E-state index contributed by atoms with van der Waals surface area (Å²) in [6, 6.07) is 9.09. The van der Waals surface area contributed by atoms with Crippen LogP contribution in [0.15, 0.2) is 41.3 Å². The van der Waals surface area contributed by atoms with Gasteiger partial charge in [-0.05, 0) is 41.8 Å². The lowest BCUT2D eigenvalue weighted by Crippen LogP contribution is -2.01. The van der Waals surface area contributed by atoms with Gasteiger partial charge in [0.25, 0.3) is 0 Å². The fourth-order valence-corrected chi connectivity index (χ4v) is 1.78. The van der Waals surface area contributed by atoms with E-state index in [-0.39, 0.29) is 5.56 Å². The Kier molecular flexibility index (Phi) is 2.60. The molecule has 0 spiro atoms. The van der Waals surface area contributed by atoms with E-state index >= 15 is 0 Å². The number of nitrogens with one attached hydrogen (secondary N) is 1. The van der Waals surface area contributed by atoms with Gasteiger partial charge < -0.3 is 4.98 Å². The van der Waals surface area contributed by atoms with Gasteiger partial charge in [-0.25, -0.2) is 0 Å². The van der Waals surface area contributed by atoms with Crippen LogP contribution in [0.3, 0.4) is 0 Å². The van der Waals surface area contributed by atoms with Crippen molar-refractivity contribution in [3.8, 4) is 11.1 Å². The van der Waals surface area contributed by atoms with Crippen molar-refractivity contribution in [2.45, 2.75) is 6.92 Å². The molecule has 0 unspecified atom stereocenters. The van der Waals surface area contributed by atoms with Crippen molar-refractivity contribution in [3.63, 3.8) is 0 Å². The van der Waals surface area contributed by atoms with Gasteiger partial charge in [-0.1, -0.05) is 17.7 Å². The van der Waals surface area contributed by atoms with Crippen molar-refractivity contribution in [1.29, 1.82) is 0 Å². The van der Waals surface area contributed by atoms with E-state index in [0.717, 1.165) is 16.7 Å². The second-order valence-corrected chi connectivity index (χ2v) is 3.90. The van der Waals surface area contributed by atoms with E-state index in [1.165, 1.54) is 6.07 Å². The largest absolute Gasteiger partial charge is 0.328 e. The highest BCUT2D eigenvalue weighted by Gasteiger charge is 2.00. The fraction of sp³-hybridized carbons (Fsp3) is 0.0833. The van der Waals surface area contributed by atoms with Crippen LogP contribution < -0.4 is 5.56 Å². The van der Waals surface area contributed by atoms with Gasteiger partial charge in [0.1, 0.15) is 0 Å². The SMILES string of the molecule is Cc1cc(Cl)cc(-c2ccc(=O)[nH]c2)c1. The van der Waals surface area contributed by atoms with Crippen molar-refractivity contribution in [2.75, 3.05) is 0 Å². The molecule has 3 heteroatoms. The van der Waals surface area contributed by atoms with Crippen LogP contribution in [0.1, 0.15) is 5.56 Å². The molecule has 0 aliphatic rings. The number of hydrogen-bond donors (Lipinski definition) is 1. The molecule has 0 saturated heterocycles. The van der Waals surface area contributed by atoms with E-state index in [1.807, 2.05) is 25.1 Å². The van der Waals surface area contributed by atoms with Crippen LogP contribution in [0.25, 0.3) is 11.1 Å². The number of H-pyrrole nitrogens is 1. The molecule has 2 nitrogen and oxygen atoms in total. The summed E-state index contributed by atoms with van der Waals surface area (Å²) in [5, 5.41) is 0.705. The predicted molar refractivity (Wildman–Crippen MR) is 62.2 cm³/mol. The first kappa shape index (κ1) is 9.99. The summed E-state index contributed by atoms with van der Waals surface area (Å²) >= 11 is 5.96. The van der Waals surface area contributed by atoms with E-state index in [0.29, 0.717) is 5.02 Å². The Morgan fingerprint density at radius 1 is 1.13 bits per heavy atom. The molecule has 1 N–H and O–H groups in total. The summed E-state index contributed by atoms with van der Waals surface area (Å²) in [5.41, 5.74) is 2.97. The van der Waals surface area contributed by atoms with Crippen molar-refractivity contribution < 1.29 is 0 Å². The molecule has 0 atom stereocenters. The first-order chi connectivity index (χ1) is 7.15. The Labute approximate surface area is 92.5 Å². The second-order valence-electron chi connectivity index (χ2n) is 3.46. The number of rotatable bonds is 1. The van der Waals surface area contributed by atoms with Crippen LogP contribution in [0.5, 0.6) is 0 Å². The molecule has 0 fully saturated rings. The quantitative estimate of drug-likeness (QED) is 0.786. The maximum atomic E-state index is 10.9. The third-order valence-electron chi connectivity index (χ3n) is 2.16. The van der Waals surface area contributed by atoms with Gasteiger partial charge in [0.05, 0.1) is 0 Å². The summed E-state index contributed by atoms with van der Waals surface area (Å²) in [4.78, 5) is 13.5. The average Bonchev–Trinajstić information content (AvgIpc) is 2.17. The molecule has 0 aliphatic heterocycles. The molecule has 15 heavy (non-hydrogen) atoms. The number of benzene rings is 1. The van der Waals surface area contributed by atoms with E-state index in [4.69, 9.17) is 11.6 Å². The van der Waals surface area contributed by atoms with Gasteiger partial charge in [-0.15, -0.1) is 0 Å². The Morgan fingerprint density at radius 3 is 2.53 bits per heavy atom. The summed E-state index contributed by atoms with van der Waals surface area (Å²) in [5.74, 6) is 0. The van der Waals surface area contributed by atoms with Crippen LogP contribution in [-0.2, 0) is 0 Å². The Bertz CT molecular complexity index is 505. The van der Waals surface area contributed by atoms with Crippen LogP contribution >= 0.6 is 11.6 Å². The van der Waals surface area contributed by atoms with E-state index in [9.17, 15) is 4.79 Å². The molecule has 0 aliphatic carbocycles. The zero-order chi connectivity index (χ0) is 10.8. The summed E-state index contributed by atoms with van der Waals surface area (Å²) in [6.45, 7) is 1.99. The summed E-state index contributed by atoms with van der Waals surface area (Å²) in [6.07, 6.45) is 1.69. The number of aryl methyl sites for hydroxylation is 1. The second kappa shape index (κ2) is 3.91. The molecular weight excluding hydrogens is 210 g/mol. The molecular formula is C12H10ClNO. The third kappa shape index (κ3) is 2.28. The molecule has 76 valence electrons. The zero-order valence-corrected chi connectivity index (χ0v) is 9.01. The lowest BCUT2D eigenvalue weighted by atomic mass is 10.1. The third-order valence-corrected chi connectivity index (χ3v) is 2.38. The lowest BCUT2D eigenvalue weighted by molar-refractivity contribution is 1.24. The smallest absolute Gasteiger partial charge is 0.247 e. The average molecular weight is 220 g/mol. The molecule has 1 heterocycles. The van der Waals surface area contributed by atoms with Gasteiger partial charge in [0.15, 0.2) is 0 Å². The first-order valence-corrected chi connectivity index (χ1v) is 4.99. The minimum absolute atomic E-state index is 0.0995. The van der Waals surface area contributed by atoms with Crippen molar-refractivity contribution in [1.82, 2.24) is 4.98 Å². The molecule has 2 rings (SSSR count). The highest BCUT2D eigenvalue weighted by Crippen LogP contribution is 2.23. The van der Waals surface area contributed by atoms with Crippen molar-refractivity contribution in [2.24, 2.45) is 0 Å². The van der Waals surface area contributed by atoms with Gasteiger partial charge in [-0.3, -0.25) is 4.79 Å². The minimum Gasteiger partial charge on any atom is -0.328 e. The standard InChI is InChI=1S/C12H10ClNO/c1-8-4-10(6-11(13)5-8)9-2-3-12(15)14-7-9/h2-7H,1H3,(H,14,15). The Balaban J connectivity index is 2.53. The lowest BCUT2D eigenvalue weighted by Gasteiger charge is -2.03. The molecule has 1 aromatic heterocycles. The highest BCUT2D eigenvalue weighted by atomic mass is 35.5. The van der Waals surface area contributed by atoms with Gasteiger partial charge in [0, 0.05) is 17.3 Å². The van der Waals surface area contributed by atoms with Gasteiger partial charge in [-0.2, -0.15) is 0 Å². The molecule has 2 aromatic rings. The van der Waals surface area contributed by atoms with Crippen LogP contribution in [0, 0.1) is 6.92 Å². The first-order valence-electron chi connectivity index (χ1n) is 4.61.